The molecular weight excluding hydrogens is 199 g/mol. The summed E-state index contributed by atoms with van der Waals surface area (Å²) < 4.78 is 23.4. The Balaban J connectivity index is 2.52. The molecule has 15 heavy (non-hydrogen) atoms. The number of benzene rings is 1. The van der Waals surface area contributed by atoms with Gasteiger partial charge in [0.15, 0.2) is 17.3 Å². The molecule has 0 radical (unpaired) electrons. The molecule has 1 aliphatic heterocycles. The van der Waals surface area contributed by atoms with E-state index < -0.39 is 5.82 Å². The van der Waals surface area contributed by atoms with Gasteiger partial charge in [-0.05, 0) is 12.5 Å². The lowest BCUT2D eigenvalue weighted by atomic mass is 10.1. The summed E-state index contributed by atoms with van der Waals surface area (Å²) in [5, 5.41) is 0. The maximum atomic E-state index is 13.3. The summed E-state index contributed by atoms with van der Waals surface area (Å²) in [6.45, 7) is 0.449. The number of hydrogen-bond donors (Lipinski definition) is 0. The van der Waals surface area contributed by atoms with Crippen LogP contribution in [0.25, 0.3) is 0 Å². The summed E-state index contributed by atoms with van der Waals surface area (Å²) in [6.07, 6.45) is 1.10. The van der Waals surface area contributed by atoms with Gasteiger partial charge in [-0.25, -0.2) is 4.39 Å². The van der Waals surface area contributed by atoms with Gasteiger partial charge in [-0.2, -0.15) is 0 Å². The van der Waals surface area contributed by atoms with E-state index in [0.717, 1.165) is 0 Å². The van der Waals surface area contributed by atoms with Gasteiger partial charge in [0.05, 0.1) is 19.3 Å². The van der Waals surface area contributed by atoms with Crippen molar-refractivity contribution in [1.82, 2.24) is 0 Å². The molecule has 1 aliphatic rings. The number of ketones is 1. The first-order valence-corrected chi connectivity index (χ1v) is 4.76. The molecule has 0 bridgehead atoms. The quantitative estimate of drug-likeness (QED) is 0.712. The highest BCUT2D eigenvalue weighted by Crippen LogP contribution is 2.30. The first-order chi connectivity index (χ1) is 7.22. The largest absolute Gasteiger partial charge is 0.494 e. The Labute approximate surface area is 86.8 Å². The number of halogens is 1. The molecule has 0 N–H and O–H groups in total. The maximum absolute atomic E-state index is 13.3. The molecule has 1 aromatic carbocycles. The number of rotatable bonds is 1. The van der Waals surface area contributed by atoms with E-state index in [1.165, 1.54) is 19.2 Å². The van der Waals surface area contributed by atoms with Crippen molar-refractivity contribution in [3.63, 3.8) is 0 Å². The third kappa shape index (κ3) is 1.79. The van der Waals surface area contributed by atoms with Crippen LogP contribution in [0.3, 0.4) is 0 Å². The Morgan fingerprint density at radius 3 is 3.00 bits per heavy atom. The van der Waals surface area contributed by atoms with E-state index in [4.69, 9.17) is 9.47 Å². The van der Waals surface area contributed by atoms with Crippen molar-refractivity contribution in [2.24, 2.45) is 0 Å². The molecule has 0 unspecified atom stereocenters. The fourth-order valence-electron chi connectivity index (χ4n) is 1.58. The van der Waals surface area contributed by atoms with Crippen molar-refractivity contribution in [2.45, 2.75) is 12.8 Å². The van der Waals surface area contributed by atoms with Gasteiger partial charge in [0.2, 0.25) is 0 Å². The molecule has 0 aliphatic carbocycles. The number of carbonyl (C=O) groups excluding carboxylic acids is 1. The lowest BCUT2D eigenvalue weighted by Gasteiger charge is -2.08. The molecule has 0 atom stereocenters. The molecule has 0 saturated carbocycles. The van der Waals surface area contributed by atoms with E-state index in [1.807, 2.05) is 0 Å². The topological polar surface area (TPSA) is 35.5 Å². The van der Waals surface area contributed by atoms with Crippen molar-refractivity contribution in [2.75, 3.05) is 13.7 Å². The number of ether oxygens (including phenoxy) is 2. The Bertz CT molecular complexity index is 401. The highest BCUT2D eigenvalue weighted by molar-refractivity contribution is 5.99. The van der Waals surface area contributed by atoms with Crippen LogP contribution in [0.4, 0.5) is 4.39 Å². The van der Waals surface area contributed by atoms with E-state index >= 15 is 0 Å². The molecule has 3 nitrogen and oxygen atoms in total. The zero-order chi connectivity index (χ0) is 10.8. The van der Waals surface area contributed by atoms with Crippen LogP contribution in [0.15, 0.2) is 12.1 Å². The van der Waals surface area contributed by atoms with E-state index in [2.05, 4.69) is 0 Å². The van der Waals surface area contributed by atoms with Gasteiger partial charge in [0.1, 0.15) is 5.75 Å². The molecule has 0 aromatic heterocycles. The van der Waals surface area contributed by atoms with Gasteiger partial charge in [-0.3, -0.25) is 4.79 Å². The Hall–Kier alpha value is -1.58. The highest BCUT2D eigenvalue weighted by Gasteiger charge is 2.19. The minimum atomic E-state index is -0.508. The minimum Gasteiger partial charge on any atom is -0.494 e. The number of methoxy groups -OCH3 is 1. The fraction of sp³-hybridized carbons (Fsp3) is 0.364. The Morgan fingerprint density at radius 1 is 1.47 bits per heavy atom. The van der Waals surface area contributed by atoms with E-state index in [9.17, 15) is 9.18 Å². The van der Waals surface area contributed by atoms with E-state index in [1.54, 1.807) is 0 Å². The van der Waals surface area contributed by atoms with Crippen molar-refractivity contribution < 1.29 is 18.7 Å². The lowest BCUT2D eigenvalue weighted by Crippen LogP contribution is -2.00. The molecule has 4 heteroatoms. The average Bonchev–Trinajstić information content (AvgIpc) is 2.40. The molecule has 1 heterocycles. The highest BCUT2D eigenvalue weighted by atomic mass is 19.1. The van der Waals surface area contributed by atoms with Crippen LogP contribution in [0, 0.1) is 5.82 Å². The van der Waals surface area contributed by atoms with Crippen LogP contribution < -0.4 is 9.47 Å². The monoisotopic (exact) mass is 210 g/mol. The number of fused-ring (bicyclic) bond motifs is 1. The van der Waals surface area contributed by atoms with Gasteiger partial charge in [-0.1, -0.05) is 0 Å². The number of hydrogen-bond acceptors (Lipinski definition) is 3. The molecular formula is C11H11FO3. The molecule has 2 rings (SSSR count). The molecule has 0 spiro atoms. The summed E-state index contributed by atoms with van der Waals surface area (Å²) in [4.78, 5) is 11.6. The second kappa shape index (κ2) is 3.88. The van der Waals surface area contributed by atoms with Crippen molar-refractivity contribution >= 4 is 5.78 Å². The Morgan fingerprint density at radius 2 is 2.27 bits per heavy atom. The number of carbonyl (C=O) groups is 1. The summed E-state index contributed by atoms with van der Waals surface area (Å²) in [5.74, 6) is -0.143. The van der Waals surface area contributed by atoms with Crippen LogP contribution in [0.5, 0.6) is 11.5 Å². The second-order valence-corrected chi connectivity index (χ2v) is 3.36. The molecule has 80 valence electrons. The van der Waals surface area contributed by atoms with E-state index in [0.29, 0.717) is 30.8 Å². The zero-order valence-corrected chi connectivity index (χ0v) is 8.38. The standard InChI is InChI=1S/C11H11FO3/c1-14-11-5-7-9(13)3-2-4-15-10(7)6-8(11)12/h5-6H,2-4H2,1H3. The Kier molecular flexibility index (Phi) is 2.58. The third-order valence-electron chi connectivity index (χ3n) is 2.36. The molecule has 1 aromatic rings. The number of Topliss-reactive ketones (excluding diaryl/α,β-unsaturated/α-hetero) is 1. The fourth-order valence-corrected chi connectivity index (χ4v) is 1.58. The van der Waals surface area contributed by atoms with Crippen molar-refractivity contribution in [3.8, 4) is 11.5 Å². The van der Waals surface area contributed by atoms with Gasteiger partial charge in [0, 0.05) is 12.5 Å². The van der Waals surface area contributed by atoms with Crippen LogP contribution in [0.2, 0.25) is 0 Å². The summed E-state index contributed by atoms with van der Waals surface area (Å²) in [5.41, 5.74) is 0.408. The van der Waals surface area contributed by atoms with Gasteiger partial charge < -0.3 is 9.47 Å². The molecule has 0 amide bonds. The van der Waals surface area contributed by atoms with Crippen LogP contribution in [0.1, 0.15) is 23.2 Å². The predicted octanol–water partition coefficient (Wildman–Crippen LogP) is 2.19. The second-order valence-electron chi connectivity index (χ2n) is 3.36. The van der Waals surface area contributed by atoms with Gasteiger partial charge in [-0.15, -0.1) is 0 Å². The first-order valence-electron chi connectivity index (χ1n) is 4.76. The summed E-state index contributed by atoms with van der Waals surface area (Å²) >= 11 is 0. The SMILES string of the molecule is COc1cc2c(cc1F)OCCCC2=O. The van der Waals surface area contributed by atoms with Crippen LogP contribution in [-0.4, -0.2) is 19.5 Å². The average molecular weight is 210 g/mol. The van der Waals surface area contributed by atoms with Crippen molar-refractivity contribution in [1.29, 1.82) is 0 Å². The maximum Gasteiger partial charge on any atom is 0.168 e. The molecule has 0 fully saturated rings. The third-order valence-corrected chi connectivity index (χ3v) is 2.36. The summed E-state index contributed by atoms with van der Waals surface area (Å²) in [7, 11) is 1.37. The summed E-state index contributed by atoms with van der Waals surface area (Å²) in [6, 6.07) is 2.61. The van der Waals surface area contributed by atoms with E-state index in [-0.39, 0.29) is 11.5 Å². The van der Waals surface area contributed by atoms with Gasteiger partial charge in [0.25, 0.3) is 0 Å². The normalized spacial score (nSPS) is 15.2. The van der Waals surface area contributed by atoms with Crippen LogP contribution >= 0.6 is 0 Å². The van der Waals surface area contributed by atoms with Gasteiger partial charge >= 0.3 is 0 Å². The van der Waals surface area contributed by atoms with Crippen molar-refractivity contribution in [3.05, 3.63) is 23.5 Å². The van der Waals surface area contributed by atoms with Crippen LogP contribution in [-0.2, 0) is 0 Å². The molecule has 0 saturated heterocycles. The zero-order valence-electron chi connectivity index (χ0n) is 8.38. The minimum absolute atomic E-state index is 0.0270. The first kappa shape index (κ1) is 9.96. The smallest absolute Gasteiger partial charge is 0.168 e. The predicted molar refractivity (Wildman–Crippen MR) is 52.0 cm³/mol. The lowest BCUT2D eigenvalue weighted by molar-refractivity contribution is 0.0982.